The summed E-state index contributed by atoms with van der Waals surface area (Å²) in [6.07, 6.45) is 3.30. The van der Waals surface area contributed by atoms with Crippen LogP contribution in [0.15, 0.2) is 30.3 Å². The van der Waals surface area contributed by atoms with E-state index in [0.29, 0.717) is 12.0 Å². The van der Waals surface area contributed by atoms with Gasteiger partial charge >= 0.3 is 6.09 Å². The SMILES string of the molecule is CC(C)(C)OC(=O)NC1CC1C1CCCN1Cc1ccccc1. The van der Waals surface area contributed by atoms with Gasteiger partial charge in [-0.3, -0.25) is 4.90 Å². The highest BCUT2D eigenvalue weighted by atomic mass is 16.6. The number of hydrogen-bond donors (Lipinski definition) is 1. The van der Waals surface area contributed by atoms with Crippen molar-refractivity contribution in [2.75, 3.05) is 6.54 Å². The topological polar surface area (TPSA) is 41.6 Å². The number of nitrogens with one attached hydrogen (secondary N) is 1. The third-order valence-corrected chi connectivity index (χ3v) is 4.68. The lowest BCUT2D eigenvalue weighted by atomic mass is 10.1. The summed E-state index contributed by atoms with van der Waals surface area (Å²) < 4.78 is 5.36. The van der Waals surface area contributed by atoms with Crippen LogP contribution in [0.5, 0.6) is 0 Å². The maximum absolute atomic E-state index is 11.9. The first-order valence-corrected chi connectivity index (χ1v) is 8.70. The molecule has 3 rings (SSSR count). The summed E-state index contributed by atoms with van der Waals surface area (Å²) in [4.78, 5) is 14.5. The van der Waals surface area contributed by atoms with Gasteiger partial charge in [-0.25, -0.2) is 4.79 Å². The smallest absolute Gasteiger partial charge is 0.407 e. The van der Waals surface area contributed by atoms with Crippen LogP contribution in [0.4, 0.5) is 4.79 Å². The number of hydrogen-bond acceptors (Lipinski definition) is 3. The molecule has 0 radical (unpaired) electrons. The summed E-state index contributed by atoms with van der Waals surface area (Å²) in [5, 5.41) is 3.03. The summed E-state index contributed by atoms with van der Waals surface area (Å²) in [7, 11) is 0. The van der Waals surface area contributed by atoms with Gasteiger partial charge in [0.2, 0.25) is 0 Å². The number of rotatable bonds is 4. The van der Waals surface area contributed by atoms with Crippen molar-refractivity contribution < 1.29 is 9.53 Å². The number of carbonyl (C=O) groups excluding carboxylic acids is 1. The predicted molar refractivity (Wildman–Crippen MR) is 91.1 cm³/mol. The van der Waals surface area contributed by atoms with Crippen molar-refractivity contribution in [2.45, 2.75) is 64.3 Å². The van der Waals surface area contributed by atoms with Crippen LogP contribution in [0.3, 0.4) is 0 Å². The Morgan fingerprint density at radius 1 is 1.30 bits per heavy atom. The summed E-state index contributed by atoms with van der Waals surface area (Å²) in [5.41, 5.74) is 0.943. The molecular formula is C19H28N2O2. The molecule has 2 aliphatic rings. The van der Waals surface area contributed by atoms with Crippen molar-refractivity contribution >= 4 is 6.09 Å². The number of carbonyl (C=O) groups is 1. The van der Waals surface area contributed by atoms with Crippen molar-refractivity contribution in [3.8, 4) is 0 Å². The fourth-order valence-corrected chi connectivity index (χ4v) is 3.62. The number of ether oxygens (including phenoxy) is 1. The number of likely N-dealkylation sites (tertiary alicyclic amines) is 1. The Labute approximate surface area is 139 Å². The Bertz CT molecular complexity index is 538. The molecule has 23 heavy (non-hydrogen) atoms. The first kappa shape index (κ1) is 16.3. The highest BCUT2D eigenvalue weighted by Crippen LogP contribution is 2.41. The highest BCUT2D eigenvalue weighted by molar-refractivity contribution is 5.68. The minimum atomic E-state index is -0.429. The molecule has 2 fully saturated rings. The zero-order valence-corrected chi connectivity index (χ0v) is 14.4. The van der Waals surface area contributed by atoms with Crippen LogP contribution in [0.1, 0.15) is 45.6 Å². The minimum absolute atomic E-state index is 0.280. The van der Waals surface area contributed by atoms with E-state index in [-0.39, 0.29) is 12.1 Å². The van der Waals surface area contributed by atoms with Crippen LogP contribution >= 0.6 is 0 Å². The Kier molecular flexibility index (Phi) is 4.62. The molecule has 1 saturated heterocycles. The molecule has 0 spiro atoms. The summed E-state index contributed by atoms with van der Waals surface area (Å²) in [6, 6.07) is 11.5. The lowest BCUT2D eigenvalue weighted by Gasteiger charge is -2.25. The largest absolute Gasteiger partial charge is 0.444 e. The van der Waals surface area contributed by atoms with E-state index in [1.165, 1.54) is 18.4 Å². The molecule has 1 aromatic rings. The Balaban J connectivity index is 1.51. The molecule has 1 N–H and O–H groups in total. The second-order valence-electron chi connectivity index (χ2n) is 7.82. The quantitative estimate of drug-likeness (QED) is 0.923. The number of benzene rings is 1. The van der Waals surface area contributed by atoms with E-state index in [1.807, 2.05) is 20.8 Å². The molecule has 0 bridgehead atoms. The molecule has 1 heterocycles. The van der Waals surface area contributed by atoms with Crippen LogP contribution < -0.4 is 5.32 Å². The molecule has 4 heteroatoms. The fraction of sp³-hybridized carbons (Fsp3) is 0.632. The standard InChI is InChI=1S/C19H28N2O2/c1-19(2,3)23-18(22)20-16-12-15(16)17-10-7-11-21(17)13-14-8-5-4-6-9-14/h4-6,8-9,15-17H,7,10-13H2,1-3H3,(H,20,22). The van der Waals surface area contributed by atoms with Crippen molar-refractivity contribution in [1.82, 2.24) is 10.2 Å². The zero-order valence-electron chi connectivity index (χ0n) is 14.4. The molecule has 4 nitrogen and oxygen atoms in total. The van der Waals surface area contributed by atoms with E-state index >= 15 is 0 Å². The Hall–Kier alpha value is -1.55. The maximum atomic E-state index is 11.9. The molecule has 3 atom stereocenters. The van der Waals surface area contributed by atoms with Gasteiger partial charge in [-0.2, -0.15) is 0 Å². The van der Waals surface area contributed by atoms with Gasteiger partial charge in [-0.15, -0.1) is 0 Å². The van der Waals surface area contributed by atoms with Crippen LogP contribution in [0.2, 0.25) is 0 Å². The second kappa shape index (κ2) is 6.52. The molecule has 1 aliphatic heterocycles. The third kappa shape index (κ3) is 4.47. The highest BCUT2D eigenvalue weighted by Gasteiger charge is 2.47. The van der Waals surface area contributed by atoms with Crippen LogP contribution in [-0.4, -0.2) is 35.2 Å². The molecule has 1 aliphatic carbocycles. The van der Waals surface area contributed by atoms with E-state index in [4.69, 9.17) is 4.74 Å². The number of alkyl carbamates (subject to hydrolysis) is 1. The van der Waals surface area contributed by atoms with E-state index in [9.17, 15) is 4.79 Å². The van der Waals surface area contributed by atoms with Gasteiger partial charge in [0, 0.05) is 18.6 Å². The van der Waals surface area contributed by atoms with Gasteiger partial charge < -0.3 is 10.1 Å². The molecule has 1 amide bonds. The van der Waals surface area contributed by atoms with Crippen LogP contribution in [0, 0.1) is 5.92 Å². The van der Waals surface area contributed by atoms with Crippen molar-refractivity contribution in [3.05, 3.63) is 35.9 Å². The first-order valence-electron chi connectivity index (χ1n) is 8.70. The van der Waals surface area contributed by atoms with Crippen molar-refractivity contribution in [2.24, 2.45) is 5.92 Å². The molecule has 0 aromatic heterocycles. The number of nitrogens with zero attached hydrogens (tertiary/aromatic N) is 1. The van der Waals surface area contributed by atoms with Gasteiger partial charge in [-0.1, -0.05) is 30.3 Å². The normalized spacial score (nSPS) is 27.7. The predicted octanol–water partition coefficient (Wildman–Crippen LogP) is 3.56. The van der Waals surface area contributed by atoms with Gasteiger partial charge in [-0.05, 0) is 58.1 Å². The van der Waals surface area contributed by atoms with E-state index in [0.717, 1.165) is 19.5 Å². The first-order chi connectivity index (χ1) is 10.9. The average molecular weight is 316 g/mol. The molecule has 3 unspecified atom stereocenters. The van der Waals surface area contributed by atoms with Crippen molar-refractivity contribution in [1.29, 1.82) is 0 Å². The van der Waals surface area contributed by atoms with Crippen molar-refractivity contribution in [3.63, 3.8) is 0 Å². The Morgan fingerprint density at radius 2 is 2.04 bits per heavy atom. The van der Waals surface area contributed by atoms with Gasteiger partial charge in [0.05, 0.1) is 0 Å². The zero-order chi connectivity index (χ0) is 16.4. The monoisotopic (exact) mass is 316 g/mol. The van der Waals surface area contributed by atoms with E-state index in [2.05, 4.69) is 40.5 Å². The molecule has 1 aromatic carbocycles. The maximum Gasteiger partial charge on any atom is 0.407 e. The van der Waals surface area contributed by atoms with Gasteiger partial charge in [0.15, 0.2) is 0 Å². The Morgan fingerprint density at radius 3 is 2.74 bits per heavy atom. The molecule has 126 valence electrons. The summed E-state index contributed by atoms with van der Waals surface area (Å²) in [5.74, 6) is 0.578. The second-order valence-corrected chi connectivity index (χ2v) is 7.82. The van der Waals surface area contributed by atoms with Gasteiger partial charge in [0.1, 0.15) is 5.60 Å². The minimum Gasteiger partial charge on any atom is -0.444 e. The van der Waals surface area contributed by atoms with Gasteiger partial charge in [0.25, 0.3) is 0 Å². The lowest BCUT2D eigenvalue weighted by Crippen LogP contribution is -2.37. The molecule has 1 saturated carbocycles. The summed E-state index contributed by atoms with van der Waals surface area (Å²) in [6.45, 7) is 7.87. The van der Waals surface area contributed by atoms with Crippen LogP contribution in [0.25, 0.3) is 0 Å². The van der Waals surface area contributed by atoms with Crippen LogP contribution in [-0.2, 0) is 11.3 Å². The third-order valence-electron chi connectivity index (χ3n) is 4.68. The molecular weight excluding hydrogens is 288 g/mol. The lowest BCUT2D eigenvalue weighted by molar-refractivity contribution is 0.0518. The fourth-order valence-electron chi connectivity index (χ4n) is 3.62. The van der Waals surface area contributed by atoms with E-state index < -0.39 is 5.60 Å². The summed E-state index contributed by atoms with van der Waals surface area (Å²) >= 11 is 0. The average Bonchev–Trinajstić information content (AvgIpc) is 3.05. The number of amides is 1. The van der Waals surface area contributed by atoms with E-state index in [1.54, 1.807) is 0 Å².